The SMILES string of the molecule is CC1CCCC(NC(=O)[C@H](NC(=O)OCC2c3ccccc3-c3ccccc32)C(C)C)(C(=O)O)C1. The zero-order valence-electron chi connectivity index (χ0n) is 20.5. The molecule has 2 aliphatic rings. The lowest BCUT2D eigenvalue weighted by molar-refractivity contribution is -0.150. The molecule has 35 heavy (non-hydrogen) atoms. The molecule has 1 saturated carbocycles. The Labute approximate surface area is 206 Å². The zero-order chi connectivity index (χ0) is 25.2. The molecule has 0 aliphatic heterocycles. The van der Waals surface area contributed by atoms with Gasteiger partial charge in [-0.05, 0) is 46.9 Å². The maximum absolute atomic E-state index is 13.1. The summed E-state index contributed by atoms with van der Waals surface area (Å²) in [6.45, 7) is 5.76. The van der Waals surface area contributed by atoms with Crippen LogP contribution in [0.2, 0.25) is 0 Å². The molecule has 4 rings (SSSR count). The van der Waals surface area contributed by atoms with E-state index in [4.69, 9.17) is 4.74 Å². The van der Waals surface area contributed by atoms with Crippen molar-refractivity contribution in [3.8, 4) is 11.1 Å². The summed E-state index contributed by atoms with van der Waals surface area (Å²) in [5, 5.41) is 15.3. The van der Waals surface area contributed by atoms with Crippen LogP contribution in [-0.2, 0) is 14.3 Å². The standard InChI is InChI=1S/C28H34N2O5/c1-17(2)24(25(31)30-28(26(32)33)14-8-9-18(3)15-28)29-27(34)35-16-23-21-12-6-4-10-19(21)20-11-5-7-13-22(20)23/h4-7,10-13,17-18,23-24H,8-9,14-16H2,1-3H3,(H,29,34)(H,30,31)(H,32,33)/t18?,24-,28?/m1/s1. The molecule has 3 N–H and O–H groups in total. The Morgan fingerprint density at radius 2 is 1.66 bits per heavy atom. The Kier molecular flexibility index (Phi) is 7.15. The maximum atomic E-state index is 13.1. The first-order valence-corrected chi connectivity index (χ1v) is 12.4. The molecule has 1 fully saturated rings. The molecule has 0 spiro atoms. The summed E-state index contributed by atoms with van der Waals surface area (Å²) in [6.07, 6.45) is 1.75. The zero-order valence-corrected chi connectivity index (χ0v) is 20.5. The summed E-state index contributed by atoms with van der Waals surface area (Å²) in [5.74, 6) is -1.65. The topological polar surface area (TPSA) is 105 Å². The molecule has 0 saturated heterocycles. The van der Waals surface area contributed by atoms with Gasteiger partial charge in [0, 0.05) is 5.92 Å². The average molecular weight is 479 g/mol. The normalized spacial score (nSPS) is 22.1. The molecule has 7 nitrogen and oxygen atoms in total. The van der Waals surface area contributed by atoms with E-state index in [-0.39, 0.29) is 24.4 Å². The fourth-order valence-corrected chi connectivity index (χ4v) is 5.53. The Balaban J connectivity index is 1.43. The van der Waals surface area contributed by atoms with E-state index in [0.717, 1.165) is 35.1 Å². The highest BCUT2D eigenvalue weighted by molar-refractivity contribution is 5.91. The number of nitrogens with one attached hydrogen (secondary N) is 2. The number of alkyl carbamates (subject to hydrolysis) is 1. The summed E-state index contributed by atoms with van der Waals surface area (Å²) in [5.41, 5.74) is 3.18. The van der Waals surface area contributed by atoms with Crippen LogP contribution < -0.4 is 10.6 Å². The molecule has 7 heteroatoms. The van der Waals surface area contributed by atoms with E-state index in [1.807, 2.05) is 57.2 Å². The Bertz CT molecular complexity index is 1070. The number of carboxylic acids is 1. The van der Waals surface area contributed by atoms with Gasteiger partial charge in [0.25, 0.3) is 0 Å². The van der Waals surface area contributed by atoms with E-state index in [9.17, 15) is 19.5 Å². The highest BCUT2D eigenvalue weighted by atomic mass is 16.5. The van der Waals surface area contributed by atoms with Crippen molar-refractivity contribution in [3.05, 3.63) is 59.7 Å². The Morgan fingerprint density at radius 1 is 1.06 bits per heavy atom. The van der Waals surface area contributed by atoms with Crippen LogP contribution in [0.5, 0.6) is 0 Å². The third-order valence-corrected chi connectivity index (χ3v) is 7.34. The molecule has 3 atom stereocenters. The largest absolute Gasteiger partial charge is 0.480 e. The quantitative estimate of drug-likeness (QED) is 0.535. The molecule has 186 valence electrons. The van der Waals surface area contributed by atoms with Crippen molar-refractivity contribution in [2.75, 3.05) is 6.61 Å². The fraction of sp³-hybridized carbons (Fsp3) is 0.464. The predicted octanol–water partition coefficient (Wildman–Crippen LogP) is 4.70. The number of hydrogen-bond donors (Lipinski definition) is 3. The second kappa shape index (κ2) is 10.1. The number of carboxylic acid groups (broad SMARTS) is 1. The van der Waals surface area contributed by atoms with Crippen LogP contribution in [0.15, 0.2) is 48.5 Å². The van der Waals surface area contributed by atoms with Crippen molar-refractivity contribution in [2.24, 2.45) is 11.8 Å². The van der Waals surface area contributed by atoms with E-state index >= 15 is 0 Å². The van der Waals surface area contributed by atoms with Crippen molar-refractivity contribution in [3.63, 3.8) is 0 Å². The number of amides is 2. The van der Waals surface area contributed by atoms with Crippen LogP contribution in [0.3, 0.4) is 0 Å². The van der Waals surface area contributed by atoms with Gasteiger partial charge in [-0.25, -0.2) is 9.59 Å². The molecule has 2 aliphatic carbocycles. The number of benzene rings is 2. The molecule has 0 bridgehead atoms. The van der Waals surface area contributed by atoms with Gasteiger partial charge in [-0.1, -0.05) is 82.1 Å². The first-order chi connectivity index (χ1) is 16.7. The van der Waals surface area contributed by atoms with Crippen LogP contribution in [0.4, 0.5) is 4.79 Å². The van der Waals surface area contributed by atoms with Crippen LogP contribution in [0.25, 0.3) is 11.1 Å². The van der Waals surface area contributed by atoms with Gasteiger partial charge >= 0.3 is 12.1 Å². The number of fused-ring (bicyclic) bond motifs is 3. The Morgan fingerprint density at radius 3 is 2.20 bits per heavy atom. The minimum absolute atomic E-state index is 0.0847. The van der Waals surface area contributed by atoms with Crippen molar-refractivity contribution < 1.29 is 24.2 Å². The van der Waals surface area contributed by atoms with Crippen LogP contribution in [0.1, 0.15) is 63.5 Å². The van der Waals surface area contributed by atoms with Gasteiger partial charge in [0.1, 0.15) is 18.2 Å². The second-order valence-electron chi connectivity index (χ2n) is 10.3. The summed E-state index contributed by atoms with van der Waals surface area (Å²) in [7, 11) is 0. The van der Waals surface area contributed by atoms with Gasteiger partial charge in [-0.15, -0.1) is 0 Å². The van der Waals surface area contributed by atoms with Gasteiger partial charge < -0.3 is 20.5 Å². The molecule has 2 amide bonds. The monoisotopic (exact) mass is 478 g/mol. The lowest BCUT2D eigenvalue weighted by Crippen LogP contribution is -2.61. The van der Waals surface area contributed by atoms with E-state index < -0.39 is 29.6 Å². The molecule has 2 unspecified atom stereocenters. The number of hydrogen-bond acceptors (Lipinski definition) is 4. The van der Waals surface area contributed by atoms with Crippen molar-refractivity contribution in [1.29, 1.82) is 0 Å². The van der Waals surface area contributed by atoms with Crippen molar-refractivity contribution in [2.45, 2.75) is 64.0 Å². The lowest BCUT2D eigenvalue weighted by Gasteiger charge is -2.38. The highest BCUT2D eigenvalue weighted by Crippen LogP contribution is 2.44. The molecule has 0 radical (unpaired) electrons. The molecular formula is C28H34N2O5. The molecule has 0 aromatic heterocycles. The number of carbonyl (C=O) groups is 3. The molecule has 2 aromatic rings. The summed E-state index contributed by atoms with van der Waals surface area (Å²) < 4.78 is 5.60. The summed E-state index contributed by atoms with van der Waals surface area (Å²) >= 11 is 0. The molecule has 2 aromatic carbocycles. The van der Waals surface area contributed by atoms with Gasteiger partial charge in [0.2, 0.25) is 5.91 Å². The third-order valence-electron chi connectivity index (χ3n) is 7.34. The first-order valence-electron chi connectivity index (χ1n) is 12.4. The van der Waals surface area contributed by atoms with Gasteiger partial charge in [-0.2, -0.15) is 0 Å². The molecule has 0 heterocycles. The number of carbonyl (C=O) groups excluding carboxylic acids is 2. The van der Waals surface area contributed by atoms with E-state index in [2.05, 4.69) is 22.8 Å². The second-order valence-corrected chi connectivity index (χ2v) is 10.3. The number of rotatable bonds is 7. The maximum Gasteiger partial charge on any atom is 0.407 e. The number of aliphatic carboxylic acids is 1. The van der Waals surface area contributed by atoms with Gasteiger partial charge in [0.15, 0.2) is 0 Å². The highest BCUT2D eigenvalue weighted by Gasteiger charge is 2.44. The van der Waals surface area contributed by atoms with Crippen LogP contribution in [-0.4, -0.2) is 41.3 Å². The van der Waals surface area contributed by atoms with Gasteiger partial charge in [-0.3, -0.25) is 4.79 Å². The minimum Gasteiger partial charge on any atom is -0.480 e. The van der Waals surface area contributed by atoms with Crippen LogP contribution in [0, 0.1) is 11.8 Å². The minimum atomic E-state index is -1.30. The fourth-order valence-electron chi connectivity index (χ4n) is 5.53. The smallest absolute Gasteiger partial charge is 0.407 e. The first kappa shape index (κ1) is 24.8. The average Bonchev–Trinajstić information content (AvgIpc) is 3.14. The van der Waals surface area contributed by atoms with Gasteiger partial charge in [0.05, 0.1) is 0 Å². The lowest BCUT2D eigenvalue weighted by atomic mass is 9.76. The molecular weight excluding hydrogens is 444 g/mol. The third kappa shape index (κ3) is 5.04. The summed E-state index contributed by atoms with van der Waals surface area (Å²) in [6, 6.07) is 15.3. The Hall–Kier alpha value is -3.35. The number of ether oxygens (including phenoxy) is 1. The van der Waals surface area contributed by atoms with E-state index in [0.29, 0.717) is 12.8 Å². The predicted molar refractivity (Wildman–Crippen MR) is 133 cm³/mol. The van der Waals surface area contributed by atoms with Crippen molar-refractivity contribution in [1.82, 2.24) is 10.6 Å². The van der Waals surface area contributed by atoms with Crippen LogP contribution >= 0.6 is 0 Å². The van der Waals surface area contributed by atoms with E-state index in [1.165, 1.54) is 0 Å². The van der Waals surface area contributed by atoms with E-state index in [1.54, 1.807) is 0 Å². The summed E-state index contributed by atoms with van der Waals surface area (Å²) in [4.78, 5) is 38.0. The van der Waals surface area contributed by atoms with Crippen molar-refractivity contribution >= 4 is 18.0 Å².